The molecule has 0 unspecified atom stereocenters. The van der Waals surface area contributed by atoms with Crippen molar-refractivity contribution in [2.45, 2.75) is 6.54 Å². The highest BCUT2D eigenvalue weighted by Crippen LogP contribution is 2.31. The molecule has 1 aliphatic rings. The molecule has 5 nitrogen and oxygen atoms in total. The van der Waals surface area contributed by atoms with Crippen LogP contribution in [-0.4, -0.2) is 17.6 Å². The quantitative estimate of drug-likeness (QED) is 0.575. The molecule has 4 N–H and O–H groups in total. The van der Waals surface area contributed by atoms with Gasteiger partial charge in [-0.3, -0.25) is 4.79 Å². The van der Waals surface area contributed by atoms with E-state index in [0.29, 0.717) is 17.8 Å². The third-order valence-corrected chi connectivity index (χ3v) is 3.32. The van der Waals surface area contributed by atoms with E-state index in [0.717, 1.165) is 11.4 Å². The van der Waals surface area contributed by atoms with E-state index in [-0.39, 0.29) is 18.2 Å². The van der Waals surface area contributed by atoms with E-state index >= 15 is 0 Å². The molecule has 0 saturated carbocycles. The van der Waals surface area contributed by atoms with Gasteiger partial charge in [0.25, 0.3) is 0 Å². The second-order valence-corrected chi connectivity index (χ2v) is 4.81. The number of rotatable bonds is 2. The number of carbonyl (C=O) groups is 1. The number of hydrogen-bond donors (Lipinski definition) is 3. The van der Waals surface area contributed by atoms with Crippen LogP contribution < -0.4 is 16.0 Å². The van der Waals surface area contributed by atoms with Crippen molar-refractivity contribution in [3.63, 3.8) is 0 Å². The summed E-state index contributed by atoms with van der Waals surface area (Å²) in [5.74, 6) is 0.120. The summed E-state index contributed by atoms with van der Waals surface area (Å²) in [6.45, 7) is 0.687. The highest BCUT2D eigenvalue weighted by Gasteiger charge is 2.22. The summed E-state index contributed by atoms with van der Waals surface area (Å²) in [7, 11) is 0. The zero-order valence-corrected chi connectivity index (χ0v) is 10.8. The standard InChI is InChI=1S/C15H15N3O2/c16-11-5-6-14(19)10(7-11)8-18-9-15(20)17-12-3-1-2-4-13(12)18/h1-7,19H,8-9,16H2,(H,17,20). The third-order valence-electron chi connectivity index (χ3n) is 3.32. The normalized spacial score (nSPS) is 13.8. The zero-order chi connectivity index (χ0) is 14.1. The number of hydrogen-bond acceptors (Lipinski definition) is 4. The zero-order valence-electron chi connectivity index (χ0n) is 10.8. The fourth-order valence-corrected chi connectivity index (χ4v) is 2.38. The monoisotopic (exact) mass is 269 g/mol. The summed E-state index contributed by atoms with van der Waals surface area (Å²) in [5, 5.41) is 12.7. The number of benzene rings is 2. The highest BCUT2D eigenvalue weighted by molar-refractivity contribution is 6.01. The van der Waals surface area contributed by atoms with Crippen LogP contribution in [0.4, 0.5) is 17.1 Å². The molecular weight excluding hydrogens is 254 g/mol. The Morgan fingerprint density at radius 2 is 2.05 bits per heavy atom. The first-order valence-electron chi connectivity index (χ1n) is 6.34. The van der Waals surface area contributed by atoms with Gasteiger partial charge in [0, 0.05) is 17.8 Å². The number of nitrogen functional groups attached to an aromatic ring is 1. The minimum Gasteiger partial charge on any atom is -0.508 e. The number of fused-ring (bicyclic) bond motifs is 1. The van der Waals surface area contributed by atoms with Crippen LogP contribution >= 0.6 is 0 Å². The van der Waals surface area contributed by atoms with E-state index in [1.165, 1.54) is 0 Å². The first kappa shape index (κ1) is 12.3. The summed E-state index contributed by atoms with van der Waals surface area (Å²) in [6, 6.07) is 12.5. The number of amides is 1. The number of nitrogens with one attached hydrogen (secondary N) is 1. The van der Waals surface area contributed by atoms with Crippen LogP contribution in [0.15, 0.2) is 42.5 Å². The third kappa shape index (κ3) is 2.25. The molecule has 0 aromatic heterocycles. The van der Waals surface area contributed by atoms with Gasteiger partial charge in [-0.1, -0.05) is 12.1 Å². The molecule has 0 spiro atoms. The first-order chi connectivity index (χ1) is 9.63. The molecule has 1 amide bonds. The molecule has 0 fully saturated rings. The molecule has 0 atom stereocenters. The van der Waals surface area contributed by atoms with Gasteiger partial charge in [-0.15, -0.1) is 0 Å². The van der Waals surface area contributed by atoms with Gasteiger partial charge in [0.2, 0.25) is 5.91 Å². The van der Waals surface area contributed by atoms with Crippen molar-refractivity contribution in [2.24, 2.45) is 0 Å². The van der Waals surface area contributed by atoms with Gasteiger partial charge in [0.1, 0.15) is 5.75 Å². The Morgan fingerprint density at radius 1 is 1.25 bits per heavy atom. The molecule has 5 heteroatoms. The van der Waals surface area contributed by atoms with Gasteiger partial charge < -0.3 is 21.1 Å². The van der Waals surface area contributed by atoms with E-state index in [4.69, 9.17) is 5.73 Å². The summed E-state index contributed by atoms with van der Waals surface area (Å²) in [5.41, 5.74) is 8.76. The number of anilines is 3. The lowest BCUT2D eigenvalue weighted by molar-refractivity contribution is -0.115. The molecule has 2 aromatic rings. The Bertz CT molecular complexity index is 670. The van der Waals surface area contributed by atoms with Crippen LogP contribution in [0.5, 0.6) is 5.75 Å². The molecule has 0 bridgehead atoms. The lowest BCUT2D eigenvalue weighted by Gasteiger charge is -2.31. The van der Waals surface area contributed by atoms with Crippen molar-refractivity contribution in [2.75, 3.05) is 22.5 Å². The molecule has 0 aliphatic carbocycles. The van der Waals surface area contributed by atoms with Gasteiger partial charge in [-0.2, -0.15) is 0 Å². The number of para-hydroxylation sites is 2. The number of carbonyl (C=O) groups excluding carboxylic acids is 1. The minimum atomic E-state index is -0.0629. The predicted molar refractivity (Wildman–Crippen MR) is 78.6 cm³/mol. The summed E-state index contributed by atoms with van der Waals surface area (Å²) >= 11 is 0. The number of nitrogens with zero attached hydrogens (tertiary/aromatic N) is 1. The maximum absolute atomic E-state index is 11.7. The predicted octanol–water partition coefficient (Wildman–Crippen LogP) is 1.93. The average molecular weight is 269 g/mol. The maximum Gasteiger partial charge on any atom is 0.243 e. The fraction of sp³-hybridized carbons (Fsp3) is 0.133. The molecule has 0 radical (unpaired) electrons. The Kier molecular flexibility index (Phi) is 2.95. The smallest absolute Gasteiger partial charge is 0.243 e. The Balaban J connectivity index is 1.95. The van der Waals surface area contributed by atoms with Crippen LogP contribution in [0.1, 0.15) is 5.56 Å². The van der Waals surface area contributed by atoms with Crippen molar-refractivity contribution in [3.05, 3.63) is 48.0 Å². The SMILES string of the molecule is Nc1ccc(O)c(CN2CC(=O)Nc3ccccc32)c1. The van der Waals surface area contributed by atoms with Crippen molar-refractivity contribution >= 4 is 23.0 Å². The van der Waals surface area contributed by atoms with Gasteiger partial charge in [-0.25, -0.2) is 0 Å². The second kappa shape index (κ2) is 4.77. The van der Waals surface area contributed by atoms with E-state index in [1.54, 1.807) is 18.2 Å². The van der Waals surface area contributed by atoms with Crippen molar-refractivity contribution in [1.82, 2.24) is 0 Å². The largest absolute Gasteiger partial charge is 0.508 e. The van der Waals surface area contributed by atoms with Crippen molar-refractivity contribution < 1.29 is 9.90 Å². The molecule has 0 saturated heterocycles. The summed E-state index contributed by atoms with van der Waals surface area (Å²) in [4.78, 5) is 13.7. The van der Waals surface area contributed by atoms with Gasteiger partial charge >= 0.3 is 0 Å². The van der Waals surface area contributed by atoms with Gasteiger partial charge in [0.05, 0.1) is 17.9 Å². The first-order valence-corrected chi connectivity index (χ1v) is 6.34. The van der Waals surface area contributed by atoms with Crippen LogP contribution in [0.25, 0.3) is 0 Å². The Morgan fingerprint density at radius 3 is 2.90 bits per heavy atom. The lowest BCUT2D eigenvalue weighted by Crippen LogP contribution is -2.37. The number of nitrogens with two attached hydrogens (primary N) is 1. The summed E-state index contributed by atoms with van der Waals surface area (Å²) < 4.78 is 0. The maximum atomic E-state index is 11.7. The average Bonchev–Trinajstić information content (AvgIpc) is 2.43. The molecule has 20 heavy (non-hydrogen) atoms. The summed E-state index contributed by atoms with van der Waals surface area (Å²) in [6.07, 6.45) is 0. The van der Waals surface area contributed by atoms with E-state index in [2.05, 4.69) is 5.32 Å². The van der Waals surface area contributed by atoms with Gasteiger partial charge in [-0.05, 0) is 30.3 Å². The number of phenols is 1. The molecule has 1 aliphatic heterocycles. The minimum absolute atomic E-state index is 0.0629. The van der Waals surface area contributed by atoms with E-state index < -0.39 is 0 Å². The Hall–Kier alpha value is -2.69. The van der Waals surface area contributed by atoms with Crippen molar-refractivity contribution in [3.8, 4) is 5.75 Å². The lowest BCUT2D eigenvalue weighted by atomic mass is 10.1. The fourth-order valence-electron chi connectivity index (χ4n) is 2.38. The Labute approximate surface area is 116 Å². The molecular formula is C15H15N3O2. The van der Waals surface area contributed by atoms with Crippen molar-refractivity contribution in [1.29, 1.82) is 0 Å². The number of aromatic hydroxyl groups is 1. The van der Waals surface area contributed by atoms with Crippen LogP contribution in [0, 0.1) is 0 Å². The molecule has 102 valence electrons. The van der Waals surface area contributed by atoms with Gasteiger partial charge in [0.15, 0.2) is 0 Å². The molecule has 2 aromatic carbocycles. The molecule has 3 rings (SSSR count). The van der Waals surface area contributed by atoms with Crippen LogP contribution in [0.2, 0.25) is 0 Å². The highest BCUT2D eigenvalue weighted by atomic mass is 16.3. The van der Waals surface area contributed by atoms with E-state index in [1.807, 2.05) is 29.2 Å². The second-order valence-electron chi connectivity index (χ2n) is 4.81. The van der Waals surface area contributed by atoms with Crippen LogP contribution in [-0.2, 0) is 11.3 Å². The van der Waals surface area contributed by atoms with Crippen LogP contribution in [0.3, 0.4) is 0 Å². The molecule has 1 heterocycles. The topological polar surface area (TPSA) is 78.6 Å². The number of phenolic OH excluding ortho intramolecular Hbond substituents is 1. The van der Waals surface area contributed by atoms with E-state index in [9.17, 15) is 9.90 Å².